The number of carbonyl (C=O) groups is 1. The van der Waals surface area contributed by atoms with Crippen molar-refractivity contribution in [2.75, 3.05) is 33.9 Å². The maximum atomic E-state index is 13.1. The van der Waals surface area contributed by atoms with E-state index in [-0.39, 0.29) is 5.91 Å². The van der Waals surface area contributed by atoms with Crippen LogP contribution in [-0.4, -0.2) is 54.5 Å². The van der Waals surface area contributed by atoms with Gasteiger partial charge < -0.3 is 14.4 Å². The lowest BCUT2D eigenvalue weighted by atomic mass is 10.1. The van der Waals surface area contributed by atoms with Crippen LogP contribution in [0, 0.1) is 5.92 Å². The summed E-state index contributed by atoms with van der Waals surface area (Å²) >= 11 is 0. The molecule has 1 amide bonds. The zero-order valence-corrected chi connectivity index (χ0v) is 16.7. The third kappa shape index (κ3) is 4.17. The second kappa shape index (κ2) is 8.49. The van der Waals surface area contributed by atoms with Crippen molar-refractivity contribution in [3.8, 4) is 22.7 Å². The van der Waals surface area contributed by atoms with E-state index in [0.717, 1.165) is 35.7 Å². The molecule has 6 nitrogen and oxygen atoms in total. The number of carbonyl (C=O) groups excluding carboxylic acids is 1. The van der Waals surface area contributed by atoms with Gasteiger partial charge in [-0.2, -0.15) is 5.10 Å². The summed E-state index contributed by atoms with van der Waals surface area (Å²) in [7, 11) is 3.47. The topological polar surface area (TPSA) is 56.6 Å². The fraction of sp³-hybridized carbons (Fsp3) is 0.304. The van der Waals surface area contributed by atoms with Crippen LogP contribution in [0.5, 0.6) is 5.75 Å². The molecule has 1 atom stereocenters. The van der Waals surface area contributed by atoms with Gasteiger partial charge in [0.1, 0.15) is 5.75 Å². The van der Waals surface area contributed by atoms with Crippen LogP contribution in [-0.2, 0) is 4.74 Å². The van der Waals surface area contributed by atoms with E-state index in [1.165, 1.54) is 0 Å². The predicted octanol–water partition coefficient (Wildman–Crippen LogP) is 3.66. The standard InChI is InChI=1S/C23H25N3O3/c1-25(15-17-12-13-29-16-17)23(27)21-14-22(18-6-4-3-5-7-18)26(24-21)19-8-10-20(28-2)11-9-19/h3-11,14,17H,12-13,15-16H2,1-2H3. The average Bonchev–Trinajstić information content (AvgIpc) is 3.44. The molecule has 1 aliphatic heterocycles. The largest absolute Gasteiger partial charge is 0.497 e. The molecular weight excluding hydrogens is 366 g/mol. The Morgan fingerprint density at radius 2 is 1.97 bits per heavy atom. The van der Waals surface area contributed by atoms with E-state index in [1.54, 1.807) is 12.0 Å². The van der Waals surface area contributed by atoms with Gasteiger partial charge in [0.25, 0.3) is 5.91 Å². The van der Waals surface area contributed by atoms with Gasteiger partial charge in [-0.05, 0) is 36.8 Å². The molecule has 1 unspecified atom stereocenters. The maximum Gasteiger partial charge on any atom is 0.274 e. The maximum absolute atomic E-state index is 13.1. The van der Waals surface area contributed by atoms with Crippen molar-refractivity contribution in [3.05, 3.63) is 66.4 Å². The molecule has 0 bridgehead atoms. The molecule has 2 aromatic carbocycles. The predicted molar refractivity (Wildman–Crippen MR) is 111 cm³/mol. The van der Waals surface area contributed by atoms with E-state index < -0.39 is 0 Å². The monoisotopic (exact) mass is 391 g/mol. The normalized spacial score (nSPS) is 16.0. The van der Waals surface area contributed by atoms with Crippen molar-refractivity contribution in [1.29, 1.82) is 0 Å². The smallest absolute Gasteiger partial charge is 0.274 e. The first-order valence-corrected chi connectivity index (χ1v) is 9.79. The van der Waals surface area contributed by atoms with E-state index in [0.29, 0.717) is 24.8 Å². The van der Waals surface area contributed by atoms with E-state index in [2.05, 4.69) is 5.10 Å². The molecule has 1 aromatic heterocycles. The fourth-order valence-electron chi connectivity index (χ4n) is 3.61. The van der Waals surface area contributed by atoms with E-state index >= 15 is 0 Å². The second-order valence-corrected chi connectivity index (χ2v) is 7.31. The van der Waals surface area contributed by atoms with Crippen LogP contribution in [0.15, 0.2) is 60.7 Å². The Bertz CT molecular complexity index is 961. The van der Waals surface area contributed by atoms with Crippen LogP contribution in [0.3, 0.4) is 0 Å². The van der Waals surface area contributed by atoms with Crippen LogP contribution in [0.25, 0.3) is 16.9 Å². The third-order valence-corrected chi connectivity index (χ3v) is 5.22. The first-order valence-electron chi connectivity index (χ1n) is 9.79. The minimum atomic E-state index is -0.0821. The molecule has 29 heavy (non-hydrogen) atoms. The number of aromatic nitrogens is 2. The van der Waals surface area contributed by atoms with Crippen LogP contribution in [0.2, 0.25) is 0 Å². The summed E-state index contributed by atoms with van der Waals surface area (Å²) in [6.45, 7) is 2.17. The van der Waals surface area contributed by atoms with Crippen LogP contribution in [0.4, 0.5) is 0 Å². The van der Waals surface area contributed by atoms with Crippen LogP contribution < -0.4 is 4.74 Å². The van der Waals surface area contributed by atoms with Crippen molar-refractivity contribution in [1.82, 2.24) is 14.7 Å². The molecule has 150 valence electrons. The molecule has 0 N–H and O–H groups in total. The summed E-state index contributed by atoms with van der Waals surface area (Å²) in [5, 5.41) is 4.66. The molecule has 0 spiro atoms. The van der Waals surface area contributed by atoms with Gasteiger partial charge in [-0.1, -0.05) is 30.3 Å². The minimum absolute atomic E-state index is 0.0821. The zero-order chi connectivity index (χ0) is 20.2. The number of benzene rings is 2. The molecule has 0 radical (unpaired) electrons. The van der Waals surface area contributed by atoms with E-state index in [4.69, 9.17) is 9.47 Å². The van der Waals surface area contributed by atoms with Crippen molar-refractivity contribution in [2.24, 2.45) is 5.92 Å². The summed E-state index contributed by atoms with van der Waals surface area (Å²) in [4.78, 5) is 14.8. The Morgan fingerprint density at radius 1 is 1.21 bits per heavy atom. The van der Waals surface area contributed by atoms with Gasteiger partial charge in [0.15, 0.2) is 5.69 Å². The highest BCUT2D eigenvalue weighted by atomic mass is 16.5. The van der Waals surface area contributed by atoms with Gasteiger partial charge in [0, 0.05) is 31.7 Å². The van der Waals surface area contributed by atoms with Crippen molar-refractivity contribution in [2.45, 2.75) is 6.42 Å². The third-order valence-electron chi connectivity index (χ3n) is 5.22. The summed E-state index contributed by atoms with van der Waals surface area (Å²) in [5.41, 5.74) is 3.18. The van der Waals surface area contributed by atoms with E-state index in [1.807, 2.05) is 72.4 Å². The fourth-order valence-corrected chi connectivity index (χ4v) is 3.61. The van der Waals surface area contributed by atoms with Crippen LogP contribution >= 0.6 is 0 Å². The molecule has 1 saturated heterocycles. The summed E-state index contributed by atoms with van der Waals surface area (Å²) in [6, 6.07) is 19.5. The van der Waals surface area contributed by atoms with Crippen molar-refractivity contribution in [3.63, 3.8) is 0 Å². The molecule has 0 aliphatic carbocycles. The Hall–Kier alpha value is -3.12. The average molecular weight is 391 g/mol. The van der Waals surface area contributed by atoms with Gasteiger partial charge in [-0.3, -0.25) is 4.79 Å². The minimum Gasteiger partial charge on any atom is -0.497 e. The highest BCUT2D eigenvalue weighted by molar-refractivity contribution is 5.93. The first-order chi connectivity index (χ1) is 14.2. The molecule has 6 heteroatoms. The zero-order valence-electron chi connectivity index (χ0n) is 16.7. The number of ether oxygens (including phenoxy) is 2. The van der Waals surface area contributed by atoms with Gasteiger partial charge >= 0.3 is 0 Å². The van der Waals surface area contributed by atoms with Crippen LogP contribution in [0.1, 0.15) is 16.9 Å². The lowest BCUT2D eigenvalue weighted by molar-refractivity contribution is 0.0760. The van der Waals surface area contributed by atoms with Gasteiger partial charge in [-0.25, -0.2) is 4.68 Å². The SMILES string of the molecule is COc1ccc(-n2nc(C(=O)N(C)CC3CCOC3)cc2-c2ccccc2)cc1. The summed E-state index contributed by atoms with van der Waals surface area (Å²) in [5.74, 6) is 1.08. The number of rotatable bonds is 6. The number of amides is 1. The number of methoxy groups -OCH3 is 1. The Balaban J connectivity index is 1.68. The lowest BCUT2D eigenvalue weighted by Gasteiger charge is -2.19. The lowest BCUT2D eigenvalue weighted by Crippen LogP contribution is -2.32. The van der Waals surface area contributed by atoms with Crippen molar-refractivity contribution >= 4 is 5.91 Å². The molecular formula is C23H25N3O3. The number of hydrogen-bond donors (Lipinski definition) is 0. The van der Waals surface area contributed by atoms with Gasteiger partial charge in [-0.15, -0.1) is 0 Å². The quantitative estimate of drug-likeness (QED) is 0.644. The van der Waals surface area contributed by atoms with E-state index in [9.17, 15) is 4.79 Å². The Labute approximate surface area is 170 Å². The summed E-state index contributed by atoms with van der Waals surface area (Å²) < 4.78 is 12.5. The van der Waals surface area contributed by atoms with Gasteiger partial charge in [0.05, 0.1) is 25.1 Å². The number of hydrogen-bond acceptors (Lipinski definition) is 4. The highest BCUT2D eigenvalue weighted by Crippen LogP contribution is 2.26. The summed E-state index contributed by atoms with van der Waals surface area (Å²) in [6.07, 6.45) is 0.993. The molecule has 1 aliphatic rings. The molecule has 3 aromatic rings. The van der Waals surface area contributed by atoms with Crippen molar-refractivity contribution < 1.29 is 14.3 Å². The first kappa shape index (κ1) is 19.2. The molecule has 2 heterocycles. The number of nitrogens with zero attached hydrogens (tertiary/aromatic N) is 3. The molecule has 4 rings (SSSR count). The second-order valence-electron chi connectivity index (χ2n) is 7.31. The highest BCUT2D eigenvalue weighted by Gasteiger charge is 2.24. The Morgan fingerprint density at radius 3 is 2.62 bits per heavy atom. The van der Waals surface area contributed by atoms with Gasteiger partial charge in [0.2, 0.25) is 0 Å². The molecule has 0 saturated carbocycles. The Kier molecular flexibility index (Phi) is 5.62. The molecule has 1 fully saturated rings.